The first-order valence-electron chi connectivity index (χ1n) is 10.4. The molecule has 0 bridgehead atoms. The zero-order valence-corrected chi connectivity index (χ0v) is 19.8. The summed E-state index contributed by atoms with van der Waals surface area (Å²) in [6.07, 6.45) is 1.48. The van der Waals surface area contributed by atoms with Crippen molar-refractivity contribution in [2.75, 3.05) is 6.54 Å². The molecule has 1 atom stereocenters. The second-order valence-corrected chi connectivity index (χ2v) is 13.3. The maximum absolute atomic E-state index is 7.15. The lowest BCUT2D eigenvalue weighted by Crippen LogP contribution is -2.67. The SMILES string of the molecule is CC(C)(C)[Si](OC(CN)c1cn2nc(Cl)ccc2n1)(c1ccccc1)c1ccccc1. The molecule has 0 radical (unpaired) electrons. The van der Waals surface area contributed by atoms with Crippen LogP contribution in [0.2, 0.25) is 10.2 Å². The Labute approximate surface area is 189 Å². The second-order valence-electron chi connectivity index (χ2n) is 8.63. The average Bonchev–Trinajstić information content (AvgIpc) is 3.18. The second kappa shape index (κ2) is 8.55. The van der Waals surface area contributed by atoms with E-state index in [1.807, 2.05) is 24.4 Å². The zero-order chi connectivity index (χ0) is 22.1. The van der Waals surface area contributed by atoms with Crippen molar-refractivity contribution in [3.8, 4) is 0 Å². The largest absolute Gasteiger partial charge is 0.398 e. The number of benzene rings is 2. The van der Waals surface area contributed by atoms with E-state index >= 15 is 0 Å². The van der Waals surface area contributed by atoms with Gasteiger partial charge in [-0.1, -0.05) is 93.0 Å². The highest BCUT2D eigenvalue weighted by Crippen LogP contribution is 2.39. The van der Waals surface area contributed by atoms with E-state index in [0.717, 1.165) is 5.69 Å². The van der Waals surface area contributed by atoms with Crippen molar-refractivity contribution in [1.82, 2.24) is 14.6 Å². The molecule has 31 heavy (non-hydrogen) atoms. The first-order chi connectivity index (χ1) is 14.8. The van der Waals surface area contributed by atoms with Crippen molar-refractivity contribution in [3.05, 3.63) is 89.8 Å². The summed E-state index contributed by atoms with van der Waals surface area (Å²) < 4.78 is 8.82. The highest BCUT2D eigenvalue weighted by atomic mass is 35.5. The topological polar surface area (TPSA) is 65.4 Å². The molecular formula is C24H27ClN4OSi. The van der Waals surface area contributed by atoms with Gasteiger partial charge < -0.3 is 10.2 Å². The van der Waals surface area contributed by atoms with Crippen LogP contribution < -0.4 is 16.1 Å². The van der Waals surface area contributed by atoms with E-state index in [9.17, 15) is 0 Å². The van der Waals surface area contributed by atoms with Gasteiger partial charge in [0.25, 0.3) is 8.32 Å². The molecule has 0 aliphatic heterocycles. The Hall–Kier alpha value is -2.51. The monoisotopic (exact) mass is 450 g/mol. The van der Waals surface area contributed by atoms with Crippen LogP contribution in [0.15, 0.2) is 79.0 Å². The molecule has 1 unspecified atom stereocenters. The summed E-state index contributed by atoms with van der Waals surface area (Å²) in [5.74, 6) is 0. The van der Waals surface area contributed by atoms with E-state index in [4.69, 9.17) is 26.7 Å². The van der Waals surface area contributed by atoms with Crippen molar-refractivity contribution in [2.24, 2.45) is 5.73 Å². The summed E-state index contributed by atoms with van der Waals surface area (Å²) in [5, 5.41) is 6.98. The molecule has 2 aromatic carbocycles. The van der Waals surface area contributed by atoms with Gasteiger partial charge in [0, 0.05) is 6.54 Å². The maximum atomic E-state index is 7.15. The molecule has 4 aromatic rings. The molecule has 160 valence electrons. The lowest BCUT2D eigenvalue weighted by Gasteiger charge is -2.44. The van der Waals surface area contributed by atoms with Gasteiger partial charge in [0.05, 0.1) is 11.9 Å². The van der Waals surface area contributed by atoms with E-state index in [1.54, 1.807) is 10.6 Å². The van der Waals surface area contributed by atoms with Crippen LogP contribution in [0.5, 0.6) is 0 Å². The summed E-state index contributed by atoms with van der Waals surface area (Å²) in [4.78, 5) is 4.74. The Morgan fingerprint density at radius 2 is 1.55 bits per heavy atom. The molecule has 0 aliphatic rings. The molecule has 2 N–H and O–H groups in total. The van der Waals surface area contributed by atoms with Gasteiger partial charge in [0.15, 0.2) is 5.65 Å². The maximum Gasteiger partial charge on any atom is 0.262 e. The van der Waals surface area contributed by atoms with Crippen molar-refractivity contribution >= 4 is 35.9 Å². The van der Waals surface area contributed by atoms with Crippen LogP contribution >= 0.6 is 11.6 Å². The zero-order valence-electron chi connectivity index (χ0n) is 18.0. The van der Waals surface area contributed by atoms with E-state index in [0.29, 0.717) is 17.3 Å². The Morgan fingerprint density at radius 3 is 2.06 bits per heavy atom. The van der Waals surface area contributed by atoms with Crippen molar-refractivity contribution in [2.45, 2.75) is 31.9 Å². The predicted molar refractivity (Wildman–Crippen MR) is 128 cm³/mol. The Balaban J connectivity index is 1.88. The standard InChI is InChI=1S/C24H27ClN4OSi/c1-24(2,3)31(18-10-6-4-7-11-18,19-12-8-5-9-13-19)30-21(16-26)20-17-29-23(27-20)15-14-22(25)28-29/h4-15,17,21H,16,26H2,1-3H3. The number of imidazole rings is 1. The minimum Gasteiger partial charge on any atom is -0.398 e. The number of halogens is 1. The first kappa shape index (κ1) is 21.7. The van der Waals surface area contributed by atoms with Gasteiger partial charge in [-0.3, -0.25) is 0 Å². The smallest absolute Gasteiger partial charge is 0.262 e. The molecule has 0 saturated carbocycles. The quantitative estimate of drug-likeness (QED) is 0.451. The number of aromatic nitrogens is 3. The number of hydrogen-bond acceptors (Lipinski definition) is 4. The Bertz CT molecular complexity index is 1120. The molecular weight excluding hydrogens is 424 g/mol. The number of fused-ring (bicyclic) bond motifs is 1. The summed E-state index contributed by atoms with van der Waals surface area (Å²) in [6, 6.07) is 24.6. The predicted octanol–water partition coefficient (Wildman–Crippen LogP) is 3.96. The number of rotatable bonds is 6. The van der Waals surface area contributed by atoms with Crippen LogP contribution in [0.3, 0.4) is 0 Å². The van der Waals surface area contributed by atoms with Crippen molar-refractivity contribution in [1.29, 1.82) is 0 Å². The molecule has 0 saturated heterocycles. The van der Waals surface area contributed by atoms with Gasteiger partial charge in [-0.25, -0.2) is 9.50 Å². The third-order valence-corrected chi connectivity index (χ3v) is 10.8. The van der Waals surface area contributed by atoms with Crippen LogP contribution in [0.1, 0.15) is 32.6 Å². The molecule has 2 heterocycles. The van der Waals surface area contributed by atoms with E-state index in [2.05, 4.69) is 74.4 Å². The average molecular weight is 451 g/mol. The lowest BCUT2D eigenvalue weighted by molar-refractivity contribution is 0.195. The highest BCUT2D eigenvalue weighted by Gasteiger charge is 2.51. The van der Waals surface area contributed by atoms with Crippen LogP contribution in [-0.4, -0.2) is 29.5 Å². The summed E-state index contributed by atoms with van der Waals surface area (Å²) in [7, 11) is -2.75. The van der Waals surface area contributed by atoms with Gasteiger partial charge in [-0.2, -0.15) is 5.10 Å². The fourth-order valence-corrected chi connectivity index (χ4v) is 8.97. The first-order valence-corrected chi connectivity index (χ1v) is 12.6. The van der Waals surface area contributed by atoms with Gasteiger partial charge in [-0.15, -0.1) is 0 Å². The fourth-order valence-electron chi connectivity index (χ4n) is 4.17. The van der Waals surface area contributed by atoms with Crippen LogP contribution in [0.25, 0.3) is 5.65 Å². The minimum atomic E-state index is -2.75. The summed E-state index contributed by atoms with van der Waals surface area (Å²) in [6.45, 7) is 7.05. The van der Waals surface area contributed by atoms with Crippen LogP contribution in [-0.2, 0) is 4.43 Å². The lowest BCUT2D eigenvalue weighted by atomic mass is 10.2. The summed E-state index contributed by atoms with van der Waals surface area (Å²) >= 11 is 6.06. The van der Waals surface area contributed by atoms with Crippen molar-refractivity contribution < 1.29 is 4.43 Å². The van der Waals surface area contributed by atoms with Crippen LogP contribution in [0.4, 0.5) is 0 Å². The van der Waals surface area contributed by atoms with Gasteiger partial charge in [0.1, 0.15) is 11.3 Å². The molecule has 0 amide bonds. The van der Waals surface area contributed by atoms with E-state index in [-0.39, 0.29) is 11.1 Å². The van der Waals surface area contributed by atoms with E-state index in [1.165, 1.54) is 10.4 Å². The molecule has 0 fully saturated rings. The molecule has 5 nitrogen and oxygen atoms in total. The molecule has 4 rings (SSSR count). The minimum absolute atomic E-state index is 0.149. The van der Waals surface area contributed by atoms with Gasteiger partial charge >= 0.3 is 0 Å². The van der Waals surface area contributed by atoms with Gasteiger partial charge in [0.2, 0.25) is 0 Å². The molecule has 0 spiro atoms. The molecule has 7 heteroatoms. The number of nitrogens with two attached hydrogens (primary N) is 1. The number of hydrogen-bond donors (Lipinski definition) is 1. The fraction of sp³-hybridized carbons (Fsp3) is 0.250. The summed E-state index contributed by atoms with van der Waals surface area (Å²) in [5.41, 5.74) is 7.73. The van der Waals surface area contributed by atoms with Crippen molar-refractivity contribution in [3.63, 3.8) is 0 Å². The van der Waals surface area contributed by atoms with Gasteiger partial charge in [-0.05, 0) is 27.5 Å². The third kappa shape index (κ3) is 4.04. The Morgan fingerprint density at radius 1 is 0.968 bits per heavy atom. The highest BCUT2D eigenvalue weighted by molar-refractivity contribution is 6.99. The Kier molecular flexibility index (Phi) is 5.99. The van der Waals surface area contributed by atoms with Crippen LogP contribution in [0, 0.1) is 0 Å². The molecule has 2 aromatic heterocycles. The number of nitrogens with zero attached hydrogens (tertiary/aromatic N) is 3. The normalized spacial score (nSPS) is 13.5. The van der Waals surface area contributed by atoms with E-state index < -0.39 is 8.32 Å². The molecule has 0 aliphatic carbocycles. The third-order valence-electron chi connectivity index (χ3n) is 5.59.